The predicted molar refractivity (Wildman–Crippen MR) is 95.2 cm³/mol. The lowest BCUT2D eigenvalue weighted by atomic mass is 10.2. The molecule has 1 aromatic carbocycles. The molecule has 0 radical (unpaired) electrons. The van der Waals surface area contributed by atoms with Crippen LogP contribution in [0.3, 0.4) is 0 Å². The minimum absolute atomic E-state index is 0.591. The molecule has 5 heteroatoms. The van der Waals surface area contributed by atoms with E-state index in [1.807, 2.05) is 18.2 Å². The molecular weight excluding hydrogens is 292 g/mol. The fourth-order valence-corrected chi connectivity index (χ4v) is 2.71. The first-order chi connectivity index (χ1) is 10.7. The van der Waals surface area contributed by atoms with Gasteiger partial charge in [-0.1, -0.05) is 44.2 Å². The van der Waals surface area contributed by atoms with Crippen molar-refractivity contribution in [2.24, 2.45) is 10.9 Å². The van der Waals surface area contributed by atoms with Gasteiger partial charge in [-0.15, -0.1) is 11.3 Å². The number of benzene rings is 1. The summed E-state index contributed by atoms with van der Waals surface area (Å²) in [5.74, 6) is 1.44. The van der Waals surface area contributed by atoms with Crippen molar-refractivity contribution in [1.82, 2.24) is 15.6 Å². The third-order valence-electron chi connectivity index (χ3n) is 2.99. The quantitative estimate of drug-likeness (QED) is 0.633. The van der Waals surface area contributed by atoms with Gasteiger partial charge < -0.3 is 10.6 Å². The summed E-state index contributed by atoms with van der Waals surface area (Å²) >= 11 is 1.66. The van der Waals surface area contributed by atoms with Crippen molar-refractivity contribution in [1.29, 1.82) is 0 Å². The standard InChI is InChI=1S/C17H24N4S/c1-4-18-17(19-10-13(2)3)20-11-15-12-22-16(21-15)14-8-6-5-7-9-14/h5-9,12-13H,4,10-11H2,1-3H3,(H2,18,19,20). The van der Waals surface area contributed by atoms with E-state index in [0.717, 1.165) is 35.3 Å². The maximum Gasteiger partial charge on any atom is 0.191 e. The third-order valence-corrected chi connectivity index (χ3v) is 3.93. The molecule has 4 nitrogen and oxygen atoms in total. The van der Waals surface area contributed by atoms with Crippen molar-refractivity contribution in [2.75, 3.05) is 13.1 Å². The molecule has 118 valence electrons. The molecule has 0 spiro atoms. The maximum absolute atomic E-state index is 4.66. The lowest BCUT2D eigenvalue weighted by molar-refractivity contribution is 0.614. The van der Waals surface area contributed by atoms with E-state index in [0.29, 0.717) is 12.5 Å². The number of thiazole rings is 1. The van der Waals surface area contributed by atoms with E-state index in [4.69, 9.17) is 0 Å². The van der Waals surface area contributed by atoms with Crippen LogP contribution in [0, 0.1) is 5.92 Å². The molecule has 0 unspecified atom stereocenters. The van der Waals surface area contributed by atoms with Gasteiger partial charge in [-0.25, -0.2) is 9.98 Å². The minimum atomic E-state index is 0.591. The summed E-state index contributed by atoms with van der Waals surface area (Å²) in [6.07, 6.45) is 0. The number of guanidine groups is 1. The monoisotopic (exact) mass is 316 g/mol. The van der Waals surface area contributed by atoms with E-state index in [2.05, 4.69) is 58.9 Å². The first-order valence-electron chi connectivity index (χ1n) is 7.71. The number of aromatic nitrogens is 1. The number of nitrogens with zero attached hydrogens (tertiary/aromatic N) is 2. The Kier molecular flexibility index (Phi) is 6.40. The van der Waals surface area contributed by atoms with Crippen molar-refractivity contribution in [3.8, 4) is 10.6 Å². The SMILES string of the molecule is CCNC(=NCc1csc(-c2ccccc2)n1)NCC(C)C. The zero-order valence-corrected chi connectivity index (χ0v) is 14.3. The first kappa shape index (κ1) is 16.5. The Bertz CT molecular complexity index is 590. The van der Waals surface area contributed by atoms with E-state index < -0.39 is 0 Å². The fraction of sp³-hybridized carbons (Fsp3) is 0.412. The van der Waals surface area contributed by atoms with Gasteiger partial charge in [-0.2, -0.15) is 0 Å². The van der Waals surface area contributed by atoms with Crippen LogP contribution >= 0.6 is 11.3 Å². The summed E-state index contributed by atoms with van der Waals surface area (Å²) in [6, 6.07) is 10.3. The number of rotatable bonds is 6. The number of aliphatic imine (C=N–C) groups is 1. The van der Waals surface area contributed by atoms with Crippen molar-refractivity contribution >= 4 is 17.3 Å². The molecule has 2 aromatic rings. The van der Waals surface area contributed by atoms with Crippen LogP contribution in [0.15, 0.2) is 40.7 Å². The van der Waals surface area contributed by atoms with Gasteiger partial charge in [0, 0.05) is 24.0 Å². The van der Waals surface area contributed by atoms with Gasteiger partial charge in [-0.3, -0.25) is 0 Å². The second kappa shape index (κ2) is 8.54. The van der Waals surface area contributed by atoms with E-state index in [9.17, 15) is 0 Å². The molecule has 2 N–H and O–H groups in total. The molecule has 2 rings (SSSR count). The third kappa shape index (κ3) is 5.15. The summed E-state index contributed by atoms with van der Waals surface area (Å²) in [5.41, 5.74) is 2.16. The Labute approximate surface area is 136 Å². The molecule has 1 aromatic heterocycles. The van der Waals surface area contributed by atoms with Crippen LogP contribution in [0.25, 0.3) is 10.6 Å². The lowest BCUT2D eigenvalue weighted by Crippen LogP contribution is -2.39. The Morgan fingerprint density at radius 1 is 1.23 bits per heavy atom. The van der Waals surface area contributed by atoms with Gasteiger partial charge in [0.15, 0.2) is 5.96 Å². The number of hydrogen-bond acceptors (Lipinski definition) is 3. The molecular formula is C17H24N4S. The second-order valence-electron chi connectivity index (χ2n) is 5.48. The average Bonchev–Trinajstić information content (AvgIpc) is 3.00. The lowest BCUT2D eigenvalue weighted by Gasteiger charge is -2.12. The van der Waals surface area contributed by atoms with Crippen LogP contribution in [0.5, 0.6) is 0 Å². The molecule has 0 amide bonds. The van der Waals surface area contributed by atoms with Gasteiger partial charge in [0.25, 0.3) is 0 Å². The van der Waals surface area contributed by atoms with Crippen molar-refractivity contribution in [2.45, 2.75) is 27.3 Å². The second-order valence-corrected chi connectivity index (χ2v) is 6.34. The predicted octanol–water partition coefficient (Wildman–Crippen LogP) is 3.52. The zero-order valence-electron chi connectivity index (χ0n) is 13.5. The summed E-state index contributed by atoms with van der Waals surface area (Å²) < 4.78 is 0. The van der Waals surface area contributed by atoms with Crippen LogP contribution in [-0.4, -0.2) is 24.0 Å². The molecule has 1 heterocycles. The molecule has 22 heavy (non-hydrogen) atoms. The topological polar surface area (TPSA) is 49.3 Å². The minimum Gasteiger partial charge on any atom is -0.357 e. The summed E-state index contributed by atoms with van der Waals surface area (Å²) in [6.45, 7) is 8.81. The highest BCUT2D eigenvalue weighted by molar-refractivity contribution is 7.13. The molecule has 0 aliphatic carbocycles. The highest BCUT2D eigenvalue weighted by Gasteiger charge is 2.05. The van der Waals surface area contributed by atoms with Crippen LogP contribution in [0.1, 0.15) is 26.5 Å². The summed E-state index contributed by atoms with van der Waals surface area (Å²) in [4.78, 5) is 9.26. The van der Waals surface area contributed by atoms with Crippen molar-refractivity contribution < 1.29 is 0 Å². The van der Waals surface area contributed by atoms with Crippen molar-refractivity contribution in [3.63, 3.8) is 0 Å². The molecule has 0 atom stereocenters. The van der Waals surface area contributed by atoms with Gasteiger partial charge in [0.2, 0.25) is 0 Å². The van der Waals surface area contributed by atoms with E-state index >= 15 is 0 Å². The largest absolute Gasteiger partial charge is 0.357 e. The van der Waals surface area contributed by atoms with E-state index in [1.54, 1.807) is 11.3 Å². The molecule has 0 saturated heterocycles. The van der Waals surface area contributed by atoms with E-state index in [-0.39, 0.29) is 0 Å². The first-order valence-corrected chi connectivity index (χ1v) is 8.59. The Morgan fingerprint density at radius 3 is 2.68 bits per heavy atom. The van der Waals surface area contributed by atoms with Gasteiger partial charge >= 0.3 is 0 Å². The molecule has 0 fully saturated rings. The smallest absolute Gasteiger partial charge is 0.191 e. The Morgan fingerprint density at radius 2 is 2.00 bits per heavy atom. The van der Waals surface area contributed by atoms with Crippen LogP contribution < -0.4 is 10.6 Å². The molecule has 0 aliphatic rings. The van der Waals surface area contributed by atoms with Crippen LogP contribution in [-0.2, 0) is 6.54 Å². The van der Waals surface area contributed by atoms with Gasteiger partial charge in [0.1, 0.15) is 5.01 Å². The Balaban J connectivity index is 2.00. The molecule has 0 bridgehead atoms. The Hall–Kier alpha value is -1.88. The van der Waals surface area contributed by atoms with Crippen LogP contribution in [0.2, 0.25) is 0 Å². The van der Waals surface area contributed by atoms with E-state index in [1.165, 1.54) is 0 Å². The highest BCUT2D eigenvalue weighted by atomic mass is 32.1. The molecule has 0 saturated carbocycles. The van der Waals surface area contributed by atoms with Crippen molar-refractivity contribution in [3.05, 3.63) is 41.4 Å². The molecule has 0 aliphatic heterocycles. The fourth-order valence-electron chi connectivity index (χ4n) is 1.90. The number of nitrogens with one attached hydrogen (secondary N) is 2. The normalized spacial score (nSPS) is 11.7. The highest BCUT2D eigenvalue weighted by Crippen LogP contribution is 2.23. The maximum atomic E-state index is 4.66. The van der Waals surface area contributed by atoms with Gasteiger partial charge in [-0.05, 0) is 12.8 Å². The van der Waals surface area contributed by atoms with Crippen LogP contribution in [0.4, 0.5) is 0 Å². The summed E-state index contributed by atoms with van der Waals surface area (Å²) in [7, 11) is 0. The zero-order chi connectivity index (χ0) is 15.8. The van der Waals surface area contributed by atoms with Gasteiger partial charge in [0.05, 0.1) is 12.2 Å². The average molecular weight is 316 g/mol. The number of hydrogen-bond donors (Lipinski definition) is 2. The summed E-state index contributed by atoms with van der Waals surface area (Å²) in [5, 5.41) is 9.73.